The molecule has 0 aliphatic carbocycles. The second-order valence-corrected chi connectivity index (χ2v) is 3.98. The second kappa shape index (κ2) is 5.50. The number of hydrogen-bond acceptors (Lipinski definition) is 3. The van der Waals surface area contributed by atoms with E-state index in [-0.39, 0.29) is 6.04 Å². The van der Waals surface area contributed by atoms with Crippen molar-refractivity contribution in [3.63, 3.8) is 0 Å². The van der Waals surface area contributed by atoms with Crippen LogP contribution in [0.1, 0.15) is 30.6 Å². The third-order valence-electron chi connectivity index (χ3n) is 2.82. The summed E-state index contributed by atoms with van der Waals surface area (Å²) in [4.78, 5) is 0. The number of rotatable bonds is 5. The predicted octanol–water partition coefficient (Wildman–Crippen LogP) is 2.36. The number of nitrogens with zero attached hydrogens (tertiary/aromatic N) is 1. The van der Waals surface area contributed by atoms with Gasteiger partial charge in [-0.15, -0.1) is 0 Å². The zero-order chi connectivity index (χ0) is 12.1. The molecule has 17 heavy (non-hydrogen) atoms. The van der Waals surface area contributed by atoms with E-state index in [9.17, 15) is 5.11 Å². The Bertz CT molecular complexity index is 453. The van der Waals surface area contributed by atoms with Crippen molar-refractivity contribution in [2.45, 2.75) is 25.9 Å². The Labute approximate surface area is 101 Å². The lowest BCUT2D eigenvalue weighted by atomic mass is 10.0. The summed E-state index contributed by atoms with van der Waals surface area (Å²) in [6, 6.07) is 9.53. The maximum Gasteiger partial charge on any atom is 0.120 e. The molecule has 1 atom stereocenters. The minimum atomic E-state index is 0.152. The number of hydrogen-bond donors (Lipinski definition) is 3. The van der Waals surface area contributed by atoms with Gasteiger partial charge in [0, 0.05) is 30.0 Å². The van der Waals surface area contributed by atoms with Crippen LogP contribution >= 0.6 is 0 Å². The largest absolute Gasteiger partial charge is 0.508 e. The average Bonchev–Trinajstić information content (AvgIpc) is 2.85. The van der Waals surface area contributed by atoms with Crippen molar-refractivity contribution in [3.05, 3.63) is 47.8 Å². The summed E-state index contributed by atoms with van der Waals surface area (Å²) in [5, 5.41) is 20.0. The molecule has 0 aliphatic heterocycles. The van der Waals surface area contributed by atoms with Crippen LogP contribution in [0.3, 0.4) is 0 Å². The van der Waals surface area contributed by atoms with Crippen LogP contribution < -0.4 is 5.32 Å². The Morgan fingerprint density at radius 2 is 2.18 bits per heavy atom. The summed E-state index contributed by atoms with van der Waals surface area (Å²) < 4.78 is 0. The highest BCUT2D eigenvalue weighted by Crippen LogP contribution is 2.25. The average molecular weight is 231 g/mol. The lowest BCUT2D eigenvalue weighted by molar-refractivity contribution is 0.440. The fourth-order valence-corrected chi connectivity index (χ4v) is 1.87. The van der Waals surface area contributed by atoms with Gasteiger partial charge in [-0.2, -0.15) is 5.10 Å². The number of para-hydroxylation sites is 1. The van der Waals surface area contributed by atoms with E-state index in [4.69, 9.17) is 0 Å². The zero-order valence-corrected chi connectivity index (χ0v) is 9.85. The molecule has 0 saturated heterocycles. The highest BCUT2D eigenvalue weighted by molar-refractivity contribution is 5.34. The fourth-order valence-electron chi connectivity index (χ4n) is 1.87. The van der Waals surface area contributed by atoms with Crippen molar-refractivity contribution in [3.8, 4) is 5.75 Å². The van der Waals surface area contributed by atoms with Gasteiger partial charge < -0.3 is 10.4 Å². The van der Waals surface area contributed by atoms with Crippen molar-refractivity contribution in [1.82, 2.24) is 15.5 Å². The first-order chi connectivity index (χ1) is 8.31. The number of aromatic hydroxyl groups is 1. The Morgan fingerprint density at radius 3 is 2.82 bits per heavy atom. The highest BCUT2D eigenvalue weighted by atomic mass is 16.3. The Morgan fingerprint density at radius 1 is 1.35 bits per heavy atom. The molecule has 1 aromatic heterocycles. The number of aromatic nitrogens is 2. The van der Waals surface area contributed by atoms with Crippen molar-refractivity contribution in [1.29, 1.82) is 0 Å². The van der Waals surface area contributed by atoms with Crippen LogP contribution in [0.5, 0.6) is 5.75 Å². The van der Waals surface area contributed by atoms with Crippen molar-refractivity contribution in [2.75, 3.05) is 0 Å². The summed E-state index contributed by atoms with van der Waals surface area (Å²) >= 11 is 0. The van der Waals surface area contributed by atoms with Crippen LogP contribution in [0.15, 0.2) is 36.5 Å². The molecule has 90 valence electrons. The fraction of sp³-hybridized carbons (Fsp3) is 0.308. The number of nitrogens with one attached hydrogen (secondary N) is 2. The molecule has 2 rings (SSSR count). The van der Waals surface area contributed by atoms with E-state index in [0.717, 1.165) is 17.7 Å². The van der Waals surface area contributed by atoms with Gasteiger partial charge in [0.05, 0.1) is 0 Å². The van der Waals surface area contributed by atoms with Gasteiger partial charge in [-0.25, -0.2) is 0 Å². The third kappa shape index (κ3) is 2.85. The third-order valence-corrected chi connectivity index (χ3v) is 2.82. The molecule has 0 bridgehead atoms. The SMILES string of the molecule is CCC(NCc1ccn[nH]1)c1ccccc1O. The van der Waals surface area contributed by atoms with Crippen LogP contribution in [0.4, 0.5) is 0 Å². The Hall–Kier alpha value is -1.81. The molecular formula is C13H17N3O. The van der Waals surface area contributed by atoms with Gasteiger partial charge in [-0.3, -0.25) is 5.10 Å². The maximum absolute atomic E-state index is 9.81. The summed E-state index contributed by atoms with van der Waals surface area (Å²) in [6.07, 6.45) is 2.66. The molecule has 1 aromatic carbocycles. The topological polar surface area (TPSA) is 60.9 Å². The molecular weight excluding hydrogens is 214 g/mol. The lowest BCUT2D eigenvalue weighted by Crippen LogP contribution is -2.20. The van der Waals surface area contributed by atoms with Gasteiger partial charge in [-0.1, -0.05) is 25.1 Å². The minimum absolute atomic E-state index is 0.152. The van der Waals surface area contributed by atoms with Crippen LogP contribution in [0, 0.1) is 0 Å². The molecule has 2 aromatic rings. The van der Waals surface area contributed by atoms with Gasteiger partial charge in [0.15, 0.2) is 0 Å². The molecule has 4 nitrogen and oxygen atoms in total. The molecule has 0 fully saturated rings. The monoisotopic (exact) mass is 231 g/mol. The normalized spacial score (nSPS) is 12.5. The number of benzene rings is 1. The lowest BCUT2D eigenvalue weighted by Gasteiger charge is -2.17. The van der Waals surface area contributed by atoms with Gasteiger partial charge in [0.25, 0.3) is 0 Å². The van der Waals surface area contributed by atoms with E-state index in [1.54, 1.807) is 12.3 Å². The summed E-state index contributed by atoms with van der Waals surface area (Å²) in [5.74, 6) is 0.344. The maximum atomic E-state index is 9.81. The van der Waals surface area contributed by atoms with Crippen LogP contribution in [0.2, 0.25) is 0 Å². The highest BCUT2D eigenvalue weighted by Gasteiger charge is 2.12. The second-order valence-electron chi connectivity index (χ2n) is 3.98. The van der Waals surface area contributed by atoms with E-state index in [2.05, 4.69) is 22.4 Å². The van der Waals surface area contributed by atoms with Gasteiger partial charge in [0.2, 0.25) is 0 Å². The van der Waals surface area contributed by atoms with Crippen molar-refractivity contribution >= 4 is 0 Å². The Balaban J connectivity index is 2.04. The molecule has 3 N–H and O–H groups in total. The van der Waals surface area contributed by atoms with E-state index >= 15 is 0 Å². The summed E-state index contributed by atoms with van der Waals surface area (Å²) in [6.45, 7) is 2.81. The predicted molar refractivity (Wildman–Crippen MR) is 66.6 cm³/mol. The van der Waals surface area contributed by atoms with E-state index in [0.29, 0.717) is 12.3 Å². The molecule has 0 aliphatic rings. The standard InChI is InChI=1S/C13H17N3O/c1-2-12(11-5-3-4-6-13(11)17)14-9-10-7-8-15-16-10/h3-8,12,14,17H,2,9H2,1H3,(H,15,16). The Kier molecular flexibility index (Phi) is 3.77. The molecule has 0 saturated carbocycles. The first-order valence-corrected chi connectivity index (χ1v) is 5.80. The number of phenols is 1. The van der Waals surface area contributed by atoms with Gasteiger partial charge in [0.1, 0.15) is 5.75 Å². The van der Waals surface area contributed by atoms with E-state index < -0.39 is 0 Å². The van der Waals surface area contributed by atoms with Gasteiger partial charge in [-0.05, 0) is 18.6 Å². The number of phenolic OH excluding ortho intramolecular Hbond substituents is 1. The van der Waals surface area contributed by atoms with Crippen LogP contribution in [0.25, 0.3) is 0 Å². The molecule has 1 heterocycles. The van der Waals surface area contributed by atoms with Crippen LogP contribution in [-0.2, 0) is 6.54 Å². The molecule has 0 spiro atoms. The van der Waals surface area contributed by atoms with Gasteiger partial charge >= 0.3 is 0 Å². The van der Waals surface area contributed by atoms with Crippen molar-refractivity contribution < 1.29 is 5.11 Å². The molecule has 4 heteroatoms. The molecule has 1 unspecified atom stereocenters. The number of aromatic amines is 1. The zero-order valence-electron chi connectivity index (χ0n) is 9.85. The van der Waals surface area contributed by atoms with Crippen molar-refractivity contribution in [2.24, 2.45) is 0 Å². The molecule has 0 radical (unpaired) electrons. The van der Waals surface area contributed by atoms with Crippen LogP contribution in [-0.4, -0.2) is 15.3 Å². The summed E-state index contributed by atoms with van der Waals surface area (Å²) in [7, 11) is 0. The first kappa shape index (κ1) is 11.7. The smallest absolute Gasteiger partial charge is 0.120 e. The first-order valence-electron chi connectivity index (χ1n) is 5.80. The molecule has 0 amide bonds. The van der Waals surface area contributed by atoms with E-state index in [1.165, 1.54) is 0 Å². The summed E-state index contributed by atoms with van der Waals surface area (Å²) in [5.41, 5.74) is 1.98. The van der Waals surface area contributed by atoms with E-state index in [1.807, 2.05) is 24.3 Å². The quantitative estimate of drug-likeness (QED) is 0.740. The minimum Gasteiger partial charge on any atom is -0.508 e. The number of H-pyrrole nitrogens is 1.